The average Bonchev–Trinajstić information content (AvgIpc) is 2.46. The smallest absolute Gasteiger partial charge is 0.239 e. The maximum atomic E-state index is 12.7. The van der Waals surface area contributed by atoms with Gasteiger partial charge in [0.05, 0.1) is 10.6 Å². The number of halogens is 3. The molecular formula is C14H13Br3N2O3S. The van der Waals surface area contributed by atoms with Crippen molar-refractivity contribution in [1.82, 2.24) is 4.98 Å². The lowest BCUT2D eigenvalue weighted by atomic mass is 10.1. The van der Waals surface area contributed by atoms with Gasteiger partial charge in [-0.2, -0.15) is 0 Å². The SMILES string of the molecule is CN(C)c1cc(-c2cnccc2S(=O)(=O)C(Br)(Br)Br)ccc1O. The van der Waals surface area contributed by atoms with Crippen molar-refractivity contribution in [3.05, 3.63) is 36.7 Å². The van der Waals surface area contributed by atoms with Gasteiger partial charge in [-0.15, -0.1) is 0 Å². The normalized spacial score (nSPS) is 12.2. The summed E-state index contributed by atoms with van der Waals surface area (Å²) in [7, 11) is -0.181. The van der Waals surface area contributed by atoms with Gasteiger partial charge in [-0.1, -0.05) is 6.07 Å². The minimum absolute atomic E-state index is 0.105. The van der Waals surface area contributed by atoms with Crippen LogP contribution in [0.4, 0.5) is 5.69 Å². The second kappa shape index (κ2) is 6.70. The van der Waals surface area contributed by atoms with Gasteiger partial charge in [0.2, 0.25) is 11.3 Å². The Morgan fingerprint density at radius 2 is 1.83 bits per heavy atom. The van der Waals surface area contributed by atoms with Gasteiger partial charge in [0, 0.05) is 32.1 Å². The highest BCUT2D eigenvalue weighted by Gasteiger charge is 2.39. The third kappa shape index (κ3) is 3.72. The molecule has 0 aliphatic rings. The first kappa shape index (κ1) is 18.7. The van der Waals surface area contributed by atoms with Crippen LogP contribution in [0.3, 0.4) is 0 Å². The third-order valence-corrected chi connectivity index (χ3v) is 8.52. The Kier molecular flexibility index (Phi) is 5.44. The van der Waals surface area contributed by atoms with E-state index in [0.29, 0.717) is 16.8 Å². The quantitative estimate of drug-likeness (QED) is 0.608. The molecule has 1 N–H and O–H groups in total. The first-order valence-electron chi connectivity index (χ1n) is 6.32. The van der Waals surface area contributed by atoms with E-state index in [2.05, 4.69) is 52.8 Å². The summed E-state index contributed by atoms with van der Waals surface area (Å²) in [5.74, 6) is 0.114. The Morgan fingerprint density at radius 1 is 1.17 bits per heavy atom. The van der Waals surface area contributed by atoms with Gasteiger partial charge >= 0.3 is 0 Å². The number of benzene rings is 1. The van der Waals surface area contributed by atoms with E-state index in [1.54, 1.807) is 31.1 Å². The van der Waals surface area contributed by atoms with Crippen LogP contribution in [-0.2, 0) is 9.84 Å². The lowest BCUT2D eigenvalue weighted by molar-refractivity contribution is 0.476. The van der Waals surface area contributed by atoms with Gasteiger partial charge in [0.15, 0.2) is 0 Å². The van der Waals surface area contributed by atoms with Crippen molar-refractivity contribution in [2.45, 2.75) is 6.37 Å². The lowest BCUT2D eigenvalue weighted by Crippen LogP contribution is -2.18. The summed E-state index contributed by atoms with van der Waals surface area (Å²) in [5, 5.41) is 9.91. The molecule has 0 aliphatic heterocycles. The minimum Gasteiger partial charge on any atom is -0.506 e. The number of alkyl halides is 3. The van der Waals surface area contributed by atoms with Crippen molar-refractivity contribution >= 4 is 63.3 Å². The standard InChI is InChI=1S/C14H13Br3N2O3S/c1-19(2)11-7-9(3-4-12(11)20)10-8-18-6-5-13(10)23(21,22)14(15,16)17/h3-8,20H,1-2H3. The summed E-state index contributed by atoms with van der Waals surface area (Å²) in [5.41, 5.74) is 1.66. The fraction of sp³-hybridized carbons (Fsp3) is 0.214. The van der Waals surface area contributed by atoms with E-state index in [1.165, 1.54) is 24.5 Å². The molecule has 0 radical (unpaired) electrons. The Labute approximate surface area is 160 Å². The van der Waals surface area contributed by atoms with Gasteiger partial charge in [0.25, 0.3) is 0 Å². The average molecular weight is 529 g/mol. The van der Waals surface area contributed by atoms with Gasteiger partial charge in [-0.05, 0) is 71.6 Å². The molecule has 1 aromatic heterocycles. The van der Waals surface area contributed by atoms with Crippen molar-refractivity contribution in [2.24, 2.45) is 0 Å². The van der Waals surface area contributed by atoms with Crippen LogP contribution in [0.5, 0.6) is 5.75 Å². The van der Waals surface area contributed by atoms with Crippen molar-refractivity contribution in [3.8, 4) is 16.9 Å². The van der Waals surface area contributed by atoms with E-state index in [-0.39, 0.29) is 10.6 Å². The molecule has 2 rings (SSSR count). The minimum atomic E-state index is -3.76. The van der Waals surface area contributed by atoms with Crippen LogP contribution >= 0.6 is 47.8 Å². The van der Waals surface area contributed by atoms with Crippen LogP contribution in [-0.4, -0.2) is 34.1 Å². The topological polar surface area (TPSA) is 70.5 Å². The molecule has 0 bridgehead atoms. The monoisotopic (exact) mass is 526 g/mol. The van der Waals surface area contributed by atoms with Crippen LogP contribution in [0.2, 0.25) is 0 Å². The fourth-order valence-corrected chi connectivity index (χ4v) is 4.53. The van der Waals surface area contributed by atoms with Crippen LogP contribution < -0.4 is 4.90 Å². The Bertz CT molecular complexity index is 833. The first-order valence-corrected chi connectivity index (χ1v) is 10.2. The van der Waals surface area contributed by atoms with Crippen LogP contribution in [0, 0.1) is 0 Å². The number of sulfone groups is 1. The van der Waals surface area contributed by atoms with E-state index < -0.39 is 11.3 Å². The number of pyridine rings is 1. The summed E-state index contributed by atoms with van der Waals surface area (Å²) in [4.78, 5) is 5.88. The van der Waals surface area contributed by atoms with E-state index >= 15 is 0 Å². The number of hydrogen-bond acceptors (Lipinski definition) is 5. The first-order chi connectivity index (χ1) is 10.6. The van der Waals surface area contributed by atoms with E-state index in [0.717, 1.165) is 0 Å². The van der Waals surface area contributed by atoms with Gasteiger partial charge in [0.1, 0.15) is 5.75 Å². The van der Waals surface area contributed by atoms with E-state index in [4.69, 9.17) is 0 Å². The molecule has 0 saturated heterocycles. The number of phenolic OH excluding ortho intramolecular Hbond substituents is 1. The van der Waals surface area contributed by atoms with Crippen molar-refractivity contribution in [2.75, 3.05) is 19.0 Å². The summed E-state index contributed by atoms with van der Waals surface area (Å²) >= 11 is 9.21. The van der Waals surface area contributed by atoms with Crippen LogP contribution in [0.15, 0.2) is 41.6 Å². The summed E-state index contributed by atoms with van der Waals surface area (Å²) < 4.78 is 23.9. The zero-order chi connectivity index (χ0) is 17.4. The van der Waals surface area contributed by atoms with E-state index in [9.17, 15) is 13.5 Å². The third-order valence-electron chi connectivity index (χ3n) is 3.14. The van der Waals surface area contributed by atoms with Crippen LogP contribution in [0.25, 0.3) is 11.1 Å². The summed E-state index contributed by atoms with van der Waals surface area (Å²) in [6.07, 6.45) is 2.90. The maximum absolute atomic E-state index is 12.7. The fourth-order valence-electron chi connectivity index (χ4n) is 2.01. The molecule has 23 heavy (non-hydrogen) atoms. The molecule has 2 aromatic rings. The number of hydrogen-bond donors (Lipinski definition) is 1. The number of aromatic nitrogens is 1. The summed E-state index contributed by atoms with van der Waals surface area (Å²) in [6, 6.07) is 6.32. The molecule has 0 unspecified atom stereocenters. The number of nitrogens with zero attached hydrogens (tertiary/aromatic N) is 2. The predicted molar refractivity (Wildman–Crippen MR) is 102 cm³/mol. The number of phenols is 1. The lowest BCUT2D eigenvalue weighted by Gasteiger charge is -2.18. The predicted octanol–water partition coefficient (Wildman–Crippen LogP) is 4.09. The van der Waals surface area contributed by atoms with Crippen molar-refractivity contribution in [1.29, 1.82) is 0 Å². The van der Waals surface area contributed by atoms with E-state index in [1.807, 2.05) is 0 Å². The van der Waals surface area contributed by atoms with Crippen LogP contribution in [0.1, 0.15) is 0 Å². The zero-order valence-electron chi connectivity index (χ0n) is 12.2. The molecule has 9 heteroatoms. The Hall–Kier alpha value is -0.640. The largest absolute Gasteiger partial charge is 0.506 e. The highest BCUT2D eigenvalue weighted by molar-refractivity contribution is 9.42. The van der Waals surface area contributed by atoms with Crippen molar-refractivity contribution in [3.63, 3.8) is 0 Å². The highest BCUT2D eigenvalue weighted by atomic mass is 80.0. The molecular weight excluding hydrogens is 516 g/mol. The molecule has 5 nitrogen and oxygen atoms in total. The number of aromatic hydroxyl groups is 1. The summed E-state index contributed by atoms with van der Waals surface area (Å²) in [6.45, 7) is 0. The molecule has 0 fully saturated rings. The second-order valence-electron chi connectivity index (χ2n) is 4.92. The second-order valence-corrected chi connectivity index (χ2v) is 15.3. The molecule has 1 aromatic carbocycles. The maximum Gasteiger partial charge on any atom is 0.239 e. The highest BCUT2D eigenvalue weighted by Crippen LogP contribution is 2.45. The zero-order valence-corrected chi connectivity index (χ0v) is 17.7. The molecule has 124 valence electrons. The molecule has 0 atom stereocenters. The number of rotatable bonds is 3. The number of anilines is 1. The van der Waals surface area contributed by atoms with Crippen molar-refractivity contribution < 1.29 is 13.5 Å². The molecule has 0 saturated carbocycles. The molecule has 0 amide bonds. The van der Waals surface area contributed by atoms with Gasteiger partial charge in [-0.3, -0.25) is 4.98 Å². The molecule has 0 aliphatic carbocycles. The van der Waals surface area contributed by atoms with Gasteiger partial charge in [-0.25, -0.2) is 8.42 Å². The Morgan fingerprint density at radius 3 is 2.39 bits per heavy atom. The van der Waals surface area contributed by atoms with Gasteiger partial charge < -0.3 is 10.0 Å². The molecule has 0 spiro atoms. The Balaban J connectivity index is 2.71. The molecule has 1 heterocycles.